The van der Waals surface area contributed by atoms with Crippen molar-refractivity contribution in [3.63, 3.8) is 0 Å². The molecule has 8 nitrogen and oxygen atoms in total. The van der Waals surface area contributed by atoms with Gasteiger partial charge in [0, 0.05) is 43.4 Å². The Morgan fingerprint density at radius 2 is 1.79 bits per heavy atom. The van der Waals surface area contributed by atoms with Gasteiger partial charge in [-0.3, -0.25) is 4.98 Å². The van der Waals surface area contributed by atoms with Gasteiger partial charge in [0.1, 0.15) is 17.5 Å². The van der Waals surface area contributed by atoms with Crippen LogP contribution in [0, 0.1) is 0 Å². The number of hydrogen-bond donors (Lipinski definition) is 1. The molecule has 28 heavy (non-hydrogen) atoms. The molecular formula is C19H22BrN5O3. The molecule has 0 amide bonds. The second-order valence-corrected chi connectivity index (χ2v) is 6.79. The monoisotopic (exact) mass is 447 g/mol. The van der Waals surface area contributed by atoms with Crippen LogP contribution in [0.3, 0.4) is 0 Å². The van der Waals surface area contributed by atoms with Crippen LogP contribution in [0.15, 0.2) is 41.3 Å². The van der Waals surface area contributed by atoms with E-state index in [0.29, 0.717) is 49.1 Å². The predicted octanol–water partition coefficient (Wildman–Crippen LogP) is 3.26. The van der Waals surface area contributed by atoms with Gasteiger partial charge in [-0.15, -0.1) is 0 Å². The van der Waals surface area contributed by atoms with E-state index in [-0.39, 0.29) is 5.88 Å². The molecule has 0 spiro atoms. The highest BCUT2D eigenvalue weighted by Gasteiger charge is 2.18. The number of rotatable bonds is 9. The van der Waals surface area contributed by atoms with E-state index in [9.17, 15) is 0 Å². The van der Waals surface area contributed by atoms with Crippen molar-refractivity contribution in [1.29, 1.82) is 0 Å². The number of nitrogen functional groups attached to an aromatic ring is 1. The van der Waals surface area contributed by atoms with E-state index in [4.69, 9.17) is 19.9 Å². The molecule has 0 radical (unpaired) electrons. The summed E-state index contributed by atoms with van der Waals surface area (Å²) in [6.07, 6.45) is 3.15. The van der Waals surface area contributed by atoms with Gasteiger partial charge in [0.25, 0.3) is 0 Å². The van der Waals surface area contributed by atoms with E-state index >= 15 is 0 Å². The van der Waals surface area contributed by atoms with Crippen molar-refractivity contribution < 1.29 is 14.2 Å². The average Bonchev–Trinajstić information content (AvgIpc) is 2.72. The van der Waals surface area contributed by atoms with E-state index in [1.54, 1.807) is 20.4 Å². The summed E-state index contributed by atoms with van der Waals surface area (Å²) in [4.78, 5) is 15.0. The second-order valence-electron chi connectivity index (χ2n) is 5.94. The smallest absolute Gasteiger partial charge is 0.248 e. The minimum absolute atomic E-state index is 0.277. The Bertz CT molecular complexity index is 933. The predicted molar refractivity (Wildman–Crippen MR) is 112 cm³/mol. The highest BCUT2D eigenvalue weighted by molar-refractivity contribution is 9.10. The summed E-state index contributed by atoms with van der Waals surface area (Å²) in [7, 11) is 3.30. The molecule has 0 unspecified atom stereocenters. The number of fused-ring (bicyclic) bond motifs is 1. The first-order chi connectivity index (χ1) is 13.7. The molecule has 0 aliphatic rings. The van der Waals surface area contributed by atoms with Crippen LogP contribution in [-0.2, 0) is 9.47 Å². The van der Waals surface area contributed by atoms with Crippen LogP contribution in [0.5, 0.6) is 11.6 Å². The molecule has 0 atom stereocenters. The molecule has 3 rings (SSSR count). The number of aromatic nitrogens is 3. The van der Waals surface area contributed by atoms with Crippen molar-refractivity contribution in [3.8, 4) is 11.6 Å². The van der Waals surface area contributed by atoms with Crippen molar-refractivity contribution in [2.45, 2.75) is 0 Å². The van der Waals surface area contributed by atoms with Crippen LogP contribution >= 0.6 is 15.9 Å². The topological polar surface area (TPSA) is 95.6 Å². The van der Waals surface area contributed by atoms with E-state index in [1.165, 1.54) is 6.33 Å². The van der Waals surface area contributed by atoms with Gasteiger partial charge in [-0.1, -0.05) is 22.0 Å². The van der Waals surface area contributed by atoms with Gasteiger partial charge in [-0.25, -0.2) is 4.98 Å². The molecule has 0 fully saturated rings. The number of benzene rings is 1. The lowest BCUT2D eigenvalue weighted by Crippen LogP contribution is -2.32. The summed E-state index contributed by atoms with van der Waals surface area (Å²) < 4.78 is 17.3. The normalized spacial score (nSPS) is 11.0. The maximum Gasteiger partial charge on any atom is 0.248 e. The molecule has 0 saturated carbocycles. The minimum atomic E-state index is 0.277. The zero-order valence-electron chi connectivity index (χ0n) is 15.8. The van der Waals surface area contributed by atoms with Crippen LogP contribution in [0.4, 0.5) is 11.5 Å². The van der Waals surface area contributed by atoms with Gasteiger partial charge in [-0.2, -0.15) is 4.98 Å². The Balaban J connectivity index is 1.94. The van der Waals surface area contributed by atoms with Crippen LogP contribution in [0.25, 0.3) is 10.9 Å². The molecular weight excluding hydrogens is 426 g/mol. The summed E-state index contributed by atoms with van der Waals surface area (Å²) in [5.41, 5.74) is 7.41. The van der Waals surface area contributed by atoms with Crippen molar-refractivity contribution in [3.05, 3.63) is 41.3 Å². The molecule has 0 aliphatic heterocycles. The van der Waals surface area contributed by atoms with Crippen LogP contribution in [-0.4, -0.2) is 55.5 Å². The fourth-order valence-corrected chi connectivity index (χ4v) is 3.18. The third-order valence-electron chi connectivity index (χ3n) is 4.14. The highest BCUT2D eigenvalue weighted by atomic mass is 79.9. The van der Waals surface area contributed by atoms with Gasteiger partial charge >= 0.3 is 0 Å². The van der Waals surface area contributed by atoms with Crippen LogP contribution in [0.2, 0.25) is 0 Å². The Hall–Kier alpha value is -2.49. The van der Waals surface area contributed by atoms with E-state index in [0.717, 1.165) is 9.86 Å². The molecule has 148 valence electrons. The number of ether oxygens (including phenoxy) is 3. The lowest BCUT2D eigenvalue weighted by molar-refractivity contribution is 0.190. The quantitative estimate of drug-likeness (QED) is 0.533. The number of pyridine rings is 1. The number of halogens is 1. The van der Waals surface area contributed by atoms with E-state index < -0.39 is 0 Å². The summed E-state index contributed by atoms with van der Waals surface area (Å²) in [5, 5.41) is 0.940. The van der Waals surface area contributed by atoms with Gasteiger partial charge in [-0.05, 0) is 18.2 Å². The third kappa shape index (κ3) is 4.49. The minimum Gasteiger partial charge on any atom is -0.435 e. The van der Waals surface area contributed by atoms with Gasteiger partial charge < -0.3 is 24.8 Å². The largest absolute Gasteiger partial charge is 0.435 e. The Labute approximate surface area is 171 Å². The molecule has 1 aromatic carbocycles. The number of anilines is 2. The fraction of sp³-hybridized carbons (Fsp3) is 0.316. The lowest BCUT2D eigenvalue weighted by atomic mass is 10.2. The summed E-state index contributed by atoms with van der Waals surface area (Å²) in [5.74, 6) is 1.42. The number of nitrogens with two attached hydrogens (primary N) is 1. The third-order valence-corrected chi connectivity index (χ3v) is 4.83. The van der Waals surface area contributed by atoms with Gasteiger partial charge in [0.05, 0.1) is 13.2 Å². The highest BCUT2D eigenvalue weighted by Crippen LogP contribution is 2.36. The SMILES string of the molecule is COCCN(CCOC)c1ncnc(Oc2ccc(Br)c3cccnc23)c1N. The molecule has 9 heteroatoms. The molecule has 0 aliphatic carbocycles. The first-order valence-corrected chi connectivity index (χ1v) is 9.49. The standard InChI is InChI=1S/C19H22BrN5O3/c1-26-10-8-25(9-11-27-2)18-16(21)19(24-12-23-18)28-15-6-5-14(20)13-4-3-7-22-17(13)15/h3-7,12H,8-11,21H2,1-2H3. The zero-order valence-corrected chi connectivity index (χ0v) is 17.3. The number of nitrogens with zero attached hydrogens (tertiary/aromatic N) is 4. The average molecular weight is 448 g/mol. The van der Waals surface area contributed by atoms with Crippen molar-refractivity contribution >= 4 is 38.3 Å². The zero-order chi connectivity index (χ0) is 19.9. The number of hydrogen-bond acceptors (Lipinski definition) is 8. The Morgan fingerprint density at radius 1 is 1.04 bits per heavy atom. The van der Waals surface area contributed by atoms with Crippen molar-refractivity contribution in [1.82, 2.24) is 15.0 Å². The molecule has 0 saturated heterocycles. The van der Waals surface area contributed by atoms with Crippen molar-refractivity contribution in [2.24, 2.45) is 0 Å². The Kier molecular flexibility index (Phi) is 6.96. The lowest BCUT2D eigenvalue weighted by Gasteiger charge is -2.24. The van der Waals surface area contributed by atoms with Crippen LogP contribution < -0.4 is 15.4 Å². The number of methoxy groups -OCH3 is 2. The summed E-state index contributed by atoms with van der Waals surface area (Å²) >= 11 is 3.53. The van der Waals surface area contributed by atoms with Crippen LogP contribution in [0.1, 0.15) is 0 Å². The maximum atomic E-state index is 6.35. The second kappa shape index (κ2) is 9.63. The van der Waals surface area contributed by atoms with Gasteiger partial charge in [0.2, 0.25) is 5.88 Å². The molecule has 2 aromatic heterocycles. The molecule has 2 N–H and O–H groups in total. The Morgan fingerprint density at radius 3 is 2.50 bits per heavy atom. The fourth-order valence-electron chi connectivity index (χ4n) is 2.73. The maximum absolute atomic E-state index is 6.35. The van der Waals surface area contributed by atoms with Crippen molar-refractivity contribution in [2.75, 3.05) is 51.2 Å². The summed E-state index contributed by atoms with van der Waals surface area (Å²) in [6.45, 7) is 2.29. The van der Waals surface area contributed by atoms with E-state index in [1.807, 2.05) is 29.2 Å². The van der Waals surface area contributed by atoms with E-state index in [2.05, 4.69) is 30.9 Å². The summed E-state index contributed by atoms with van der Waals surface area (Å²) in [6, 6.07) is 7.57. The molecule has 0 bridgehead atoms. The molecule has 2 heterocycles. The first-order valence-electron chi connectivity index (χ1n) is 8.70. The molecule has 3 aromatic rings. The first kappa shape index (κ1) is 20.2. The van der Waals surface area contributed by atoms with Gasteiger partial charge in [0.15, 0.2) is 11.6 Å².